The Kier molecular flexibility index (Phi) is 4.64. The van der Waals surface area contributed by atoms with Crippen LogP contribution in [0.2, 0.25) is 0 Å². The van der Waals surface area contributed by atoms with E-state index in [1.165, 1.54) is 74.9 Å². The van der Waals surface area contributed by atoms with Crippen LogP contribution >= 0.6 is 0 Å². The lowest BCUT2D eigenvalue weighted by Crippen LogP contribution is -2.47. The minimum atomic E-state index is 0.593. The van der Waals surface area contributed by atoms with Crippen molar-refractivity contribution in [1.82, 2.24) is 14.8 Å². The van der Waals surface area contributed by atoms with Crippen molar-refractivity contribution in [2.45, 2.75) is 45.1 Å². The van der Waals surface area contributed by atoms with Crippen molar-refractivity contribution >= 4 is 10.9 Å². The predicted octanol–water partition coefficient (Wildman–Crippen LogP) is 4.35. The van der Waals surface area contributed by atoms with E-state index in [1.807, 2.05) is 0 Å². The van der Waals surface area contributed by atoms with Gasteiger partial charge in [-0.05, 0) is 44.4 Å². The van der Waals surface area contributed by atoms with Crippen molar-refractivity contribution < 1.29 is 0 Å². The molecular formula is C21H31N3. The van der Waals surface area contributed by atoms with Gasteiger partial charge in [-0.2, -0.15) is 0 Å². The summed E-state index contributed by atoms with van der Waals surface area (Å²) in [6.45, 7) is 7.09. The summed E-state index contributed by atoms with van der Waals surface area (Å²) in [5.74, 6) is 0.820. The number of aryl methyl sites for hydroxylation is 1. The van der Waals surface area contributed by atoms with E-state index >= 15 is 0 Å². The standard InChI is InChI=1S/C21H31N3/c1-16-20(18-10-6-7-11-19(18)22-16)21(17-8-4-3-5-9-17)24-14-12-23(2)13-15-24/h6-7,10-11,17,21-22H,3-5,8-9,12-15H2,1-2H3. The second kappa shape index (κ2) is 6.89. The maximum atomic E-state index is 3.66. The summed E-state index contributed by atoms with van der Waals surface area (Å²) in [5.41, 5.74) is 4.27. The van der Waals surface area contributed by atoms with Crippen molar-refractivity contribution in [3.8, 4) is 0 Å². The Labute approximate surface area is 146 Å². The predicted molar refractivity (Wildman–Crippen MR) is 101 cm³/mol. The number of H-pyrrole nitrogens is 1. The Morgan fingerprint density at radius 2 is 1.71 bits per heavy atom. The molecular weight excluding hydrogens is 294 g/mol. The summed E-state index contributed by atoms with van der Waals surface area (Å²) in [6, 6.07) is 9.48. The normalized spacial score (nSPS) is 22.9. The number of aromatic amines is 1. The molecule has 2 heterocycles. The zero-order valence-electron chi connectivity index (χ0n) is 15.2. The van der Waals surface area contributed by atoms with Crippen LogP contribution in [-0.2, 0) is 0 Å². The van der Waals surface area contributed by atoms with Crippen molar-refractivity contribution in [2.24, 2.45) is 5.92 Å². The summed E-state index contributed by atoms with van der Waals surface area (Å²) in [6.07, 6.45) is 7.05. The van der Waals surface area contributed by atoms with Crippen LogP contribution in [0.5, 0.6) is 0 Å². The topological polar surface area (TPSA) is 22.3 Å². The highest BCUT2D eigenvalue weighted by Gasteiger charge is 2.34. The van der Waals surface area contributed by atoms with E-state index in [0.717, 1.165) is 5.92 Å². The maximum Gasteiger partial charge on any atom is 0.0459 e. The SMILES string of the molecule is Cc1[nH]c2ccccc2c1C(C1CCCCC1)N1CCN(C)CC1. The molecule has 1 aliphatic heterocycles. The molecule has 130 valence electrons. The van der Waals surface area contributed by atoms with E-state index in [2.05, 4.69) is 53.0 Å². The molecule has 0 radical (unpaired) electrons. The molecule has 0 amide bonds. The van der Waals surface area contributed by atoms with Crippen LogP contribution in [0.4, 0.5) is 0 Å². The largest absolute Gasteiger partial charge is 0.358 e. The lowest BCUT2D eigenvalue weighted by atomic mass is 9.79. The van der Waals surface area contributed by atoms with Gasteiger partial charge in [0.05, 0.1) is 0 Å². The zero-order valence-corrected chi connectivity index (χ0v) is 15.2. The number of rotatable bonds is 3. The fourth-order valence-corrected chi connectivity index (χ4v) is 4.95. The lowest BCUT2D eigenvalue weighted by Gasteiger charge is -2.43. The van der Waals surface area contributed by atoms with E-state index < -0.39 is 0 Å². The minimum Gasteiger partial charge on any atom is -0.358 e. The highest BCUT2D eigenvalue weighted by Crippen LogP contribution is 2.42. The Bertz CT molecular complexity index is 675. The van der Waals surface area contributed by atoms with Gasteiger partial charge in [-0.3, -0.25) is 4.90 Å². The van der Waals surface area contributed by atoms with Gasteiger partial charge in [0.1, 0.15) is 0 Å². The summed E-state index contributed by atoms with van der Waals surface area (Å²) in [4.78, 5) is 8.92. The molecule has 2 aliphatic rings. The average molecular weight is 326 g/mol. The van der Waals surface area contributed by atoms with Crippen LogP contribution in [0.25, 0.3) is 10.9 Å². The first-order valence-corrected chi connectivity index (χ1v) is 9.74. The third-order valence-corrected chi connectivity index (χ3v) is 6.27. The molecule has 1 atom stereocenters. The number of likely N-dealkylation sites (N-methyl/N-ethyl adjacent to an activating group) is 1. The molecule has 0 spiro atoms. The first kappa shape index (κ1) is 16.2. The summed E-state index contributed by atoms with van der Waals surface area (Å²) in [7, 11) is 2.25. The zero-order chi connectivity index (χ0) is 16.5. The molecule has 1 unspecified atom stereocenters. The highest BCUT2D eigenvalue weighted by molar-refractivity contribution is 5.85. The first-order valence-electron chi connectivity index (χ1n) is 9.74. The van der Waals surface area contributed by atoms with Gasteiger partial charge in [0.15, 0.2) is 0 Å². The molecule has 2 aromatic rings. The number of hydrogen-bond donors (Lipinski definition) is 1. The lowest BCUT2D eigenvalue weighted by molar-refractivity contribution is 0.0674. The third kappa shape index (κ3) is 3.00. The van der Waals surface area contributed by atoms with E-state index in [9.17, 15) is 0 Å². The molecule has 2 fully saturated rings. The number of aromatic nitrogens is 1. The molecule has 3 heteroatoms. The van der Waals surface area contributed by atoms with Gasteiger partial charge in [0, 0.05) is 48.8 Å². The van der Waals surface area contributed by atoms with E-state index in [4.69, 9.17) is 0 Å². The molecule has 1 saturated heterocycles. The second-order valence-corrected chi connectivity index (χ2v) is 7.89. The molecule has 1 aromatic carbocycles. The number of para-hydroxylation sites is 1. The van der Waals surface area contributed by atoms with Gasteiger partial charge in [-0.1, -0.05) is 37.5 Å². The summed E-state index contributed by atoms with van der Waals surface area (Å²) >= 11 is 0. The van der Waals surface area contributed by atoms with Gasteiger partial charge in [0.2, 0.25) is 0 Å². The fraction of sp³-hybridized carbons (Fsp3) is 0.619. The Hall–Kier alpha value is -1.32. The van der Waals surface area contributed by atoms with E-state index in [0.29, 0.717) is 6.04 Å². The van der Waals surface area contributed by atoms with Crippen molar-refractivity contribution in [3.63, 3.8) is 0 Å². The maximum absolute atomic E-state index is 3.66. The molecule has 24 heavy (non-hydrogen) atoms. The highest BCUT2D eigenvalue weighted by atomic mass is 15.3. The Morgan fingerprint density at radius 3 is 2.46 bits per heavy atom. The summed E-state index contributed by atoms with van der Waals surface area (Å²) in [5, 5.41) is 1.45. The van der Waals surface area contributed by atoms with Crippen LogP contribution in [0.15, 0.2) is 24.3 Å². The van der Waals surface area contributed by atoms with Crippen molar-refractivity contribution in [3.05, 3.63) is 35.5 Å². The molecule has 4 rings (SSSR count). The second-order valence-electron chi connectivity index (χ2n) is 7.89. The van der Waals surface area contributed by atoms with Gasteiger partial charge in [-0.15, -0.1) is 0 Å². The van der Waals surface area contributed by atoms with Crippen molar-refractivity contribution in [1.29, 1.82) is 0 Å². The van der Waals surface area contributed by atoms with Gasteiger partial charge < -0.3 is 9.88 Å². The Balaban J connectivity index is 1.74. The molecule has 3 nitrogen and oxygen atoms in total. The first-order chi connectivity index (χ1) is 11.7. The van der Waals surface area contributed by atoms with Crippen LogP contribution in [-0.4, -0.2) is 48.0 Å². The number of nitrogens with zero attached hydrogens (tertiary/aromatic N) is 2. The number of benzene rings is 1. The molecule has 1 aromatic heterocycles. The number of piperazine rings is 1. The quantitative estimate of drug-likeness (QED) is 0.906. The van der Waals surface area contributed by atoms with Gasteiger partial charge in [-0.25, -0.2) is 0 Å². The molecule has 1 saturated carbocycles. The van der Waals surface area contributed by atoms with Gasteiger partial charge in [0.25, 0.3) is 0 Å². The van der Waals surface area contributed by atoms with Crippen LogP contribution in [0.3, 0.4) is 0 Å². The van der Waals surface area contributed by atoms with E-state index in [1.54, 1.807) is 5.56 Å². The third-order valence-electron chi connectivity index (χ3n) is 6.27. The van der Waals surface area contributed by atoms with E-state index in [-0.39, 0.29) is 0 Å². The van der Waals surface area contributed by atoms with Gasteiger partial charge >= 0.3 is 0 Å². The molecule has 1 N–H and O–H groups in total. The molecule has 0 bridgehead atoms. The Morgan fingerprint density at radius 1 is 1.00 bits per heavy atom. The molecule has 1 aliphatic carbocycles. The number of hydrogen-bond acceptors (Lipinski definition) is 2. The van der Waals surface area contributed by atoms with Crippen molar-refractivity contribution in [2.75, 3.05) is 33.2 Å². The smallest absolute Gasteiger partial charge is 0.0459 e. The average Bonchev–Trinajstić information content (AvgIpc) is 2.94. The number of nitrogens with one attached hydrogen (secondary N) is 1. The fourth-order valence-electron chi connectivity index (χ4n) is 4.95. The van der Waals surface area contributed by atoms with Crippen LogP contribution < -0.4 is 0 Å². The van der Waals surface area contributed by atoms with Crippen LogP contribution in [0.1, 0.15) is 49.4 Å². The van der Waals surface area contributed by atoms with Crippen LogP contribution in [0, 0.1) is 12.8 Å². The minimum absolute atomic E-state index is 0.593. The number of fused-ring (bicyclic) bond motifs is 1. The monoisotopic (exact) mass is 325 g/mol. The summed E-state index contributed by atoms with van der Waals surface area (Å²) < 4.78 is 0.